The average molecular weight is 268 g/mol. The fourth-order valence-electron chi connectivity index (χ4n) is 1.45. The molecule has 0 saturated heterocycles. The predicted octanol–water partition coefficient (Wildman–Crippen LogP) is 4.14. The maximum Gasteiger partial charge on any atom is 0.224 e. The van der Waals surface area contributed by atoms with Crippen molar-refractivity contribution in [3.63, 3.8) is 0 Å². The highest BCUT2D eigenvalue weighted by Gasteiger charge is 2.07. The van der Waals surface area contributed by atoms with E-state index in [1.54, 1.807) is 0 Å². The molecule has 88 valence electrons. The lowest BCUT2D eigenvalue weighted by molar-refractivity contribution is 1.16. The minimum Gasteiger partial charge on any atom is -0.339 e. The van der Waals surface area contributed by atoms with E-state index in [9.17, 15) is 0 Å². The summed E-state index contributed by atoms with van der Waals surface area (Å²) in [6.45, 7) is 4.09. The first-order chi connectivity index (χ1) is 8.08. The van der Waals surface area contributed by atoms with Crippen LogP contribution >= 0.6 is 23.2 Å². The number of aromatic nitrogens is 2. The first-order valence-electron chi connectivity index (χ1n) is 5.09. The Labute approximate surface area is 110 Å². The zero-order chi connectivity index (χ0) is 12.4. The van der Waals surface area contributed by atoms with Gasteiger partial charge in [0.2, 0.25) is 5.28 Å². The van der Waals surface area contributed by atoms with Crippen LogP contribution in [0.25, 0.3) is 0 Å². The average Bonchev–Trinajstić information content (AvgIpc) is 2.30. The largest absolute Gasteiger partial charge is 0.339 e. The second-order valence-electron chi connectivity index (χ2n) is 3.71. The predicted molar refractivity (Wildman–Crippen MR) is 71.3 cm³/mol. The molecule has 1 heterocycles. The summed E-state index contributed by atoms with van der Waals surface area (Å²) in [6.07, 6.45) is 1.48. The summed E-state index contributed by atoms with van der Waals surface area (Å²) in [4.78, 5) is 7.85. The summed E-state index contributed by atoms with van der Waals surface area (Å²) in [5, 5.41) is 3.76. The molecule has 1 aromatic carbocycles. The van der Waals surface area contributed by atoms with E-state index in [2.05, 4.69) is 28.3 Å². The van der Waals surface area contributed by atoms with Crippen molar-refractivity contribution in [2.45, 2.75) is 13.8 Å². The monoisotopic (exact) mass is 267 g/mol. The number of benzene rings is 1. The maximum atomic E-state index is 5.99. The van der Waals surface area contributed by atoms with E-state index in [0.717, 1.165) is 11.3 Å². The van der Waals surface area contributed by atoms with E-state index in [1.165, 1.54) is 11.8 Å². The molecule has 0 spiro atoms. The molecular formula is C12H11Cl2N3. The first kappa shape index (κ1) is 12.1. The number of anilines is 2. The van der Waals surface area contributed by atoms with Gasteiger partial charge in [0.25, 0.3) is 0 Å². The SMILES string of the molecule is Cc1cccc(Nc2nc(Cl)ncc2Cl)c1C. The summed E-state index contributed by atoms with van der Waals surface area (Å²) in [5.74, 6) is 0.514. The van der Waals surface area contributed by atoms with Gasteiger partial charge in [0.1, 0.15) is 5.02 Å². The molecule has 1 N–H and O–H groups in total. The van der Waals surface area contributed by atoms with Crippen molar-refractivity contribution in [3.8, 4) is 0 Å². The highest BCUT2D eigenvalue weighted by Crippen LogP contribution is 2.26. The Morgan fingerprint density at radius 1 is 1.18 bits per heavy atom. The molecule has 0 saturated carbocycles. The molecule has 0 bridgehead atoms. The van der Waals surface area contributed by atoms with Gasteiger partial charge in [-0.05, 0) is 42.6 Å². The van der Waals surface area contributed by atoms with Crippen molar-refractivity contribution in [2.75, 3.05) is 5.32 Å². The molecule has 0 aliphatic heterocycles. The fourth-order valence-corrected chi connectivity index (χ4v) is 1.72. The molecule has 0 radical (unpaired) electrons. The molecule has 2 rings (SSSR count). The van der Waals surface area contributed by atoms with E-state index >= 15 is 0 Å². The van der Waals surface area contributed by atoms with Crippen molar-refractivity contribution < 1.29 is 0 Å². The lowest BCUT2D eigenvalue weighted by Crippen LogP contribution is -1.98. The summed E-state index contributed by atoms with van der Waals surface area (Å²) in [6, 6.07) is 5.99. The third-order valence-electron chi connectivity index (χ3n) is 2.57. The summed E-state index contributed by atoms with van der Waals surface area (Å²) >= 11 is 11.7. The molecular weight excluding hydrogens is 257 g/mol. The first-order valence-corrected chi connectivity index (χ1v) is 5.85. The van der Waals surface area contributed by atoms with Gasteiger partial charge in [0.15, 0.2) is 5.82 Å². The van der Waals surface area contributed by atoms with E-state index in [-0.39, 0.29) is 5.28 Å². The minimum absolute atomic E-state index is 0.169. The zero-order valence-electron chi connectivity index (χ0n) is 9.46. The quantitative estimate of drug-likeness (QED) is 0.831. The third kappa shape index (κ3) is 2.68. The molecule has 1 aromatic heterocycles. The van der Waals surface area contributed by atoms with Crippen LogP contribution in [0.1, 0.15) is 11.1 Å². The molecule has 0 fully saturated rings. The molecule has 0 aliphatic carbocycles. The van der Waals surface area contributed by atoms with E-state index in [4.69, 9.17) is 23.2 Å². The Hall–Kier alpha value is -1.32. The van der Waals surface area contributed by atoms with E-state index < -0.39 is 0 Å². The smallest absolute Gasteiger partial charge is 0.224 e. The van der Waals surface area contributed by atoms with Gasteiger partial charge in [0.05, 0.1) is 6.20 Å². The van der Waals surface area contributed by atoms with Crippen LogP contribution in [0.4, 0.5) is 11.5 Å². The molecule has 5 heteroatoms. The number of nitrogens with one attached hydrogen (secondary N) is 1. The van der Waals surface area contributed by atoms with Crippen LogP contribution in [0, 0.1) is 13.8 Å². The number of hydrogen-bond donors (Lipinski definition) is 1. The van der Waals surface area contributed by atoms with Crippen LogP contribution in [-0.4, -0.2) is 9.97 Å². The second-order valence-corrected chi connectivity index (χ2v) is 4.45. The minimum atomic E-state index is 0.169. The van der Waals surface area contributed by atoms with Crippen LogP contribution in [-0.2, 0) is 0 Å². The lowest BCUT2D eigenvalue weighted by atomic mass is 10.1. The van der Waals surface area contributed by atoms with Gasteiger partial charge in [-0.15, -0.1) is 0 Å². The van der Waals surface area contributed by atoms with Crippen LogP contribution < -0.4 is 5.32 Å². The third-order valence-corrected chi connectivity index (χ3v) is 3.03. The summed E-state index contributed by atoms with van der Waals surface area (Å²) < 4.78 is 0. The Bertz CT molecular complexity index is 555. The summed E-state index contributed by atoms with van der Waals surface area (Å²) in [5.41, 5.74) is 3.31. The fraction of sp³-hybridized carbons (Fsp3) is 0.167. The molecule has 3 nitrogen and oxygen atoms in total. The number of aryl methyl sites for hydroxylation is 1. The molecule has 0 aliphatic rings. The lowest BCUT2D eigenvalue weighted by Gasteiger charge is -2.11. The van der Waals surface area contributed by atoms with Crippen molar-refractivity contribution in [1.29, 1.82) is 0 Å². The number of rotatable bonds is 2. The van der Waals surface area contributed by atoms with Crippen LogP contribution in [0.3, 0.4) is 0 Å². The van der Waals surface area contributed by atoms with Gasteiger partial charge >= 0.3 is 0 Å². The highest BCUT2D eigenvalue weighted by molar-refractivity contribution is 6.33. The van der Waals surface area contributed by atoms with E-state index in [1.807, 2.05) is 19.1 Å². The standard InChI is InChI=1S/C12H11Cl2N3/c1-7-4-3-5-10(8(7)2)16-11-9(13)6-15-12(14)17-11/h3-6H,1-2H3,(H,15,16,17). The van der Waals surface area contributed by atoms with Crippen LogP contribution in [0.15, 0.2) is 24.4 Å². The molecule has 2 aromatic rings. The normalized spacial score (nSPS) is 10.4. The van der Waals surface area contributed by atoms with Gasteiger partial charge in [0, 0.05) is 5.69 Å². The van der Waals surface area contributed by atoms with Gasteiger partial charge < -0.3 is 5.32 Å². The Kier molecular flexibility index (Phi) is 3.50. The molecule has 0 amide bonds. The Morgan fingerprint density at radius 2 is 1.94 bits per heavy atom. The molecule has 17 heavy (non-hydrogen) atoms. The van der Waals surface area contributed by atoms with Gasteiger partial charge in [-0.25, -0.2) is 4.98 Å². The second kappa shape index (κ2) is 4.90. The number of halogens is 2. The van der Waals surface area contributed by atoms with Crippen LogP contribution in [0.5, 0.6) is 0 Å². The Morgan fingerprint density at radius 3 is 2.71 bits per heavy atom. The maximum absolute atomic E-state index is 5.99. The summed E-state index contributed by atoms with van der Waals surface area (Å²) in [7, 11) is 0. The van der Waals surface area contributed by atoms with Crippen molar-refractivity contribution >= 4 is 34.7 Å². The number of nitrogens with zero attached hydrogens (tertiary/aromatic N) is 2. The van der Waals surface area contributed by atoms with Crippen LogP contribution in [0.2, 0.25) is 10.3 Å². The van der Waals surface area contributed by atoms with E-state index in [0.29, 0.717) is 10.8 Å². The molecule has 0 unspecified atom stereocenters. The van der Waals surface area contributed by atoms with Gasteiger partial charge in [-0.1, -0.05) is 23.7 Å². The zero-order valence-corrected chi connectivity index (χ0v) is 11.0. The highest BCUT2D eigenvalue weighted by atomic mass is 35.5. The van der Waals surface area contributed by atoms with Crippen molar-refractivity contribution in [2.24, 2.45) is 0 Å². The number of hydrogen-bond acceptors (Lipinski definition) is 3. The van der Waals surface area contributed by atoms with Crippen molar-refractivity contribution in [3.05, 3.63) is 45.8 Å². The van der Waals surface area contributed by atoms with Gasteiger partial charge in [-0.3, -0.25) is 0 Å². The van der Waals surface area contributed by atoms with Crippen molar-refractivity contribution in [1.82, 2.24) is 9.97 Å². The van der Waals surface area contributed by atoms with Gasteiger partial charge in [-0.2, -0.15) is 4.98 Å². The topological polar surface area (TPSA) is 37.8 Å². The Balaban J connectivity index is 2.38. The molecule has 0 atom stereocenters.